The van der Waals surface area contributed by atoms with Crippen LogP contribution in [0.15, 0.2) is 140 Å². The molecule has 0 aliphatic rings. The number of ketones is 1. The second-order valence-corrected chi connectivity index (χ2v) is 11.8. The molecule has 0 spiro atoms. The molecule has 5 aromatic carbocycles. The lowest BCUT2D eigenvalue weighted by Gasteiger charge is -2.30. The van der Waals surface area contributed by atoms with Crippen LogP contribution in [-0.2, 0) is 34.0 Å². The molecule has 49 heavy (non-hydrogen) atoms. The van der Waals surface area contributed by atoms with Crippen molar-refractivity contribution in [2.45, 2.75) is 57.1 Å². The molecule has 0 aliphatic heterocycles. The maximum atomic E-state index is 14.1. The Morgan fingerprint density at radius 2 is 1.08 bits per heavy atom. The van der Waals surface area contributed by atoms with Gasteiger partial charge in [0.05, 0.1) is 46.2 Å². The summed E-state index contributed by atoms with van der Waals surface area (Å²) in [6.07, 6.45) is -2.55. The molecular weight excluding hydrogens is 616 g/mol. The zero-order valence-electron chi connectivity index (χ0n) is 28.0. The first-order valence-electron chi connectivity index (χ1n) is 16.5. The third kappa shape index (κ3) is 10.9. The number of hydrogen-bond donors (Lipinski definition) is 1. The molecule has 0 saturated carbocycles. The minimum Gasteiger partial charge on any atom is -0.497 e. The van der Waals surface area contributed by atoms with Crippen LogP contribution < -0.4 is 9.47 Å². The number of benzene rings is 5. The van der Waals surface area contributed by atoms with Gasteiger partial charge in [-0.3, -0.25) is 4.79 Å². The van der Waals surface area contributed by atoms with Crippen molar-refractivity contribution < 1.29 is 33.6 Å². The van der Waals surface area contributed by atoms with E-state index in [0.717, 1.165) is 16.7 Å². The van der Waals surface area contributed by atoms with E-state index in [1.54, 1.807) is 38.5 Å². The number of carbonyl (C=O) groups is 1. The Kier molecular flexibility index (Phi) is 13.5. The zero-order chi connectivity index (χ0) is 34.3. The first kappa shape index (κ1) is 35.5. The minimum atomic E-state index is -1.00. The van der Waals surface area contributed by atoms with Gasteiger partial charge in [0.15, 0.2) is 5.78 Å². The molecule has 0 fully saturated rings. The summed E-state index contributed by atoms with van der Waals surface area (Å²) in [5.74, 6) is 1.03. The number of methoxy groups -OCH3 is 2. The number of aliphatic hydroxyl groups is 1. The largest absolute Gasteiger partial charge is 0.497 e. The van der Waals surface area contributed by atoms with Gasteiger partial charge in [0.1, 0.15) is 23.7 Å². The Bertz CT molecular complexity index is 1690. The molecule has 0 bridgehead atoms. The predicted octanol–water partition coefficient (Wildman–Crippen LogP) is 8.16. The summed E-state index contributed by atoms with van der Waals surface area (Å²) in [4.78, 5) is 14.1. The van der Waals surface area contributed by atoms with E-state index in [0.29, 0.717) is 29.2 Å². The monoisotopic (exact) mass is 660 g/mol. The topological polar surface area (TPSA) is 83.5 Å². The molecule has 7 nitrogen and oxygen atoms in total. The van der Waals surface area contributed by atoms with Gasteiger partial charge in [-0.05, 0) is 46.5 Å². The Hall–Kier alpha value is -4.79. The van der Waals surface area contributed by atoms with Crippen molar-refractivity contribution in [3.05, 3.63) is 167 Å². The molecule has 0 unspecified atom stereocenters. The third-order valence-corrected chi connectivity index (χ3v) is 8.34. The van der Waals surface area contributed by atoms with E-state index in [1.807, 2.05) is 115 Å². The van der Waals surface area contributed by atoms with E-state index in [9.17, 15) is 9.90 Å². The van der Waals surface area contributed by atoms with Crippen molar-refractivity contribution in [1.82, 2.24) is 0 Å². The number of hydrogen-bond acceptors (Lipinski definition) is 7. The van der Waals surface area contributed by atoms with Gasteiger partial charge in [0.25, 0.3) is 0 Å². The molecule has 0 heterocycles. The van der Waals surface area contributed by atoms with E-state index in [-0.39, 0.29) is 31.8 Å². The van der Waals surface area contributed by atoms with Crippen molar-refractivity contribution in [2.24, 2.45) is 0 Å². The van der Waals surface area contributed by atoms with E-state index >= 15 is 0 Å². The fourth-order valence-electron chi connectivity index (χ4n) is 5.61. The second-order valence-electron chi connectivity index (χ2n) is 11.8. The van der Waals surface area contributed by atoms with Crippen molar-refractivity contribution >= 4 is 5.78 Å². The molecule has 0 radical (unpaired) electrons. The van der Waals surface area contributed by atoms with Gasteiger partial charge in [0.2, 0.25) is 0 Å². The van der Waals surface area contributed by atoms with Crippen LogP contribution in [0.1, 0.15) is 51.6 Å². The van der Waals surface area contributed by atoms with Crippen molar-refractivity contribution in [1.29, 1.82) is 0 Å². The maximum absolute atomic E-state index is 14.1. The molecule has 0 aliphatic carbocycles. The van der Waals surface area contributed by atoms with Gasteiger partial charge in [-0.2, -0.15) is 0 Å². The Morgan fingerprint density at radius 3 is 1.65 bits per heavy atom. The van der Waals surface area contributed by atoms with Crippen LogP contribution in [0.2, 0.25) is 0 Å². The maximum Gasteiger partial charge on any atom is 0.191 e. The van der Waals surface area contributed by atoms with Crippen molar-refractivity contribution in [3.8, 4) is 11.5 Å². The second kappa shape index (κ2) is 18.7. The van der Waals surface area contributed by atoms with Crippen LogP contribution >= 0.6 is 0 Å². The highest BCUT2D eigenvalue weighted by atomic mass is 16.5. The van der Waals surface area contributed by atoms with Crippen LogP contribution in [0.4, 0.5) is 0 Å². The summed E-state index contributed by atoms with van der Waals surface area (Å²) in [5, 5.41) is 11.8. The molecule has 4 atom stereocenters. The van der Waals surface area contributed by atoms with E-state index in [4.69, 9.17) is 23.7 Å². The summed E-state index contributed by atoms with van der Waals surface area (Å²) in [5.41, 5.74) is 4.05. The lowest BCUT2D eigenvalue weighted by atomic mass is 9.94. The standard InChI is InChI=1S/C42H44O7/c1-45-36-22-12-20-34(24-36)41(43)39(48-29-32-16-8-4-9-17-32)26-38(47-28-31-14-6-3-7-15-31)27-40(49-30-33-18-10-5-11-19-33)42(44)35-21-13-23-37(25-35)46-2/h3-25,38-41,43H,26-30H2,1-2H3/t38-,39-,40+,41-/m1/s1. The summed E-state index contributed by atoms with van der Waals surface area (Å²) < 4.78 is 30.3. The van der Waals surface area contributed by atoms with Gasteiger partial charge < -0.3 is 28.8 Å². The van der Waals surface area contributed by atoms with Crippen LogP contribution in [0.5, 0.6) is 11.5 Å². The molecule has 1 N–H and O–H groups in total. The molecule has 5 aromatic rings. The number of Topliss-reactive ketones (excluding diaryl/α,β-unsaturated/α-hetero) is 1. The third-order valence-electron chi connectivity index (χ3n) is 8.34. The van der Waals surface area contributed by atoms with Crippen LogP contribution in [0.3, 0.4) is 0 Å². The van der Waals surface area contributed by atoms with Crippen LogP contribution in [-0.4, -0.2) is 43.4 Å². The van der Waals surface area contributed by atoms with E-state index in [1.165, 1.54) is 0 Å². The van der Waals surface area contributed by atoms with Crippen LogP contribution in [0, 0.1) is 0 Å². The average Bonchev–Trinajstić information content (AvgIpc) is 3.17. The van der Waals surface area contributed by atoms with Gasteiger partial charge in [-0.1, -0.05) is 115 Å². The zero-order valence-corrected chi connectivity index (χ0v) is 28.0. The van der Waals surface area contributed by atoms with Crippen molar-refractivity contribution in [3.63, 3.8) is 0 Å². The Morgan fingerprint density at radius 1 is 0.571 bits per heavy atom. The quantitative estimate of drug-likeness (QED) is 0.0895. The first-order valence-corrected chi connectivity index (χ1v) is 16.5. The Labute approximate surface area is 289 Å². The van der Waals surface area contributed by atoms with E-state index < -0.39 is 24.4 Å². The molecule has 5 rings (SSSR count). The fourth-order valence-corrected chi connectivity index (χ4v) is 5.61. The number of ether oxygens (including phenoxy) is 5. The summed E-state index contributed by atoms with van der Waals surface area (Å²) in [6, 6.07) is 43.9. The number of carbonyl (C=O) groups excluding carboxylic acids is 1. The normalized spacial score (nSPS) is 13.6. The molecule has 7 heteroatoms. The molecule has 0 saturated heterocycles. The highest BCUT2D eigenvalue weighted by Gasteiger charge is 2.31. The predicted molar refractivity (Wildman–Crippen MR) is 190 cm³/mol. The summed E-state index contributed by atoms with van der Waals surface area (Å²) >= 11 is 0. The van der Waals surface area contributed by atoms with Crippen LogP contribution in [0.25, 0.3) is 0 Å². The summed E-state index contributed by atoms with van der Waals surface area (Å²) in [7, 11) is 3.17. The highest BCUT2D eigenvalue weighted by molar-refractivity contribution is 5.99. The van der Waals surface area contributed by atoms with Gasteiger partial charge in [-0.15, -0.1) is 0 Å². The first-order chi connectivity index (χ1) is 24.0. The highest BCUT2D eigenvalue weighted by Crippen LogP contribution is 2.30. The number of aliphatic hydroxyl groups excluding tert-OH is 1. The molecule has 0 amide bonds. The number of rotatable bonds is 19. The van der Waals surface area contributed by atoms with Gasteiger partial charge >= 0.3 is 0 Å². The van der Waals surface area contributed by atoms with E-state index in [2.05, 4.69) is 0 Å². The lowest BCUT2D eigenvalue weighted by Crippen LogP contribution is -2.34. The molecule has 0 aromatic heterocycles. The van der Waals surface area contributed by atoms with Crippen molar-refractivity contribution in [2.75, 3.05) is 14.2 Å². The fraction of sp³-hybridized carbons (Fsp3) is 0.262. The smallest absolute Gasteiger partial charge is 0.191 e. The lowest BCUT2D eigenvalue weighted by molar-refractivity contribution is -0.0920. The molecular formula is C42H44O7. The molecule has 254 valence electrons. The van der Waals surface area contributed by atoms with Gasteiger partial charge in [-0.25, -0.2) is 0 Å². The SMILES string of the molecule is COc1cccc(C(=O)[C@H](C[C@@H](C[C@@H](OCc2ccccc2)[C@H](O)c2cccc(OC)c2)OCc2ccccc2)OCc2ccccc2)c1. The Balaban J connectivity index is 1.45. The average molecular weight is 661 g/mol. The summed E-state index contributed by atoms with van der Waals surface area (Å²) in [6.45, 7) is 0.840. The minimum absolute atomic E-state index is 0.182. The van der Waals surface area contributed by atoms with Gasteiger partial charge in [0, 0.05) is 18.4 Å².